The SMILES string of the molecule is CCNC(=NCc1ccc(OC)c(OC(F)F)c1)NC(C)CC. The second kappa shape index (κ2) is 9.86. The van der Waals surface area contributed by atoms with Crippen LogP contribution in [0.1, 0.15) is 32.8 Å². The van der Waals surface area contributed by atoms with Gasteiger partial charge in [0.2, 0.25) is 0 Å². The first-order valence-electron chi connectivity index (χ1n) is 7.66. The summed E-state index contributed by atoms with van der Waals surface area (Å²) in [5.41, 5.74) is 0.753. The molecular weight excluding hydrogens is 304 g/mol. The summed E-state index contributed by atoms with van der Waals surface area (Å²) in [7, 11) is 1.41. The Kier molecular flexibility index (Phi) is 8.15. The van der Waals surface area contributed by atoms with Crippen molar-refractivity contribution in [1.29, 1.82) is 0 Å². The number of benzene rings is 1. The Labute approximate surface area is 136 Å². The molecule has 0 radical (unpaired) electrons. The summed E-state index contributed by atoms with van der Waals surface area (Å²) in [6.45, 7) is 4.32. The van der Waals surface area contributed by atoms with Crippen LogP contribution in [0.4, 0.5) is 8.78 Å². The van der Waals surface area contributed by atoms with Gasteiger partial charge in [0.15, 0.2) is 17.5 Å². The predicted molar refractivity (Wildman–Crippen MR) is 87.3 cm³/mol. The van der Waals surface area contributed by atoms with Gasteiger partial charge in [-0.25, -0.2) is 4.99 Å². The maximum atomic E-state index is 12.4. The van der Waals surface area contributed by atoms with Crippen molar-refractivity contribution in [3.05, 3.63) is 23.8 Å². The largest absolute Gasteiger partial charge is 0.493 e. The number of methoxy groups -OCH3 is 1. The van der Waals surface area contributed by atoms with E-state index >= 15 is 0 Å². The van der Waals surface area contributed by atoms with Gasteiger partial charge in [0.05, 0.1) is 13.7 Å². The van der Waals surface area contributed by atoms with Crippen LogP contribution in [0.25, 0.3) is 0 Å². The molecule has 0 bridgehead atoms. The van der Waals surface area contributed by atoms with Crippen LogP contribution in [0.5, 0.6) is 11.5 Å². The zero-order valence-electron chi connectivity index (χ0n) is 14.0. The van der Waals surface area contributed by atoms with Gasteiger partial charge in [-0.2, -0.15) is 8.78 Å². The topological polar surface area (TPSA) is 54.9 Å². The second-order valence-corrected chi connectivity index (χ2v) is 5.01. The molecule has 7 heteroatoms. The van der Waals surface area contributed by atoms with Gasteiger partial charge in [-0.1, -0.05) is 13.0 Å². The third-order valence-electron chi connectivity index (χ3n) is 3.20. The van der Waals surface area contributed by atoms with Crippen molar-refractivity contribution in [1.82, 2.24) is 10.6 Å². The highest BCUT2D eigenvalue weighted by atomic mass is 19.3. The molecule has 0 heterocycles. The lowest BCUT2D eigenvalue weighted by molar-refractivity contribution is -0.0512. The number of nitrogens with zero attached hydrogens (tertiary/aromatic N) is 1. The molecule has 23 heavy (non-hydrogen) atoms. The predicted octanol–water partition coefficient (Wildman–Crippen LogP) is 3.15. The molecule has 1 rings (SSSR count). The molecule has 1 aromatic carbocycles. The van der Waals surface area contributed by atoms with Crippen LogP contribution in [0, 0.1) is 0 Å². The van der Waals surface area contributed by atoms with Crippen LogP contribution in [-0.2, 0) is 6.54 Å². The number of hydrogen-bond acceptors (Lipinski definition) is 3. The number of rotatable bonds is 8. The van der Waals surface area contributed by atoms with Gasteiger partial charge in [0.25, 0.3) is 0 Å². The van der Waals surface area contributed by atoms with E-state index in [2.05, 4.69) is 34.2 Å². The number of halogens is 2. The van der Waals surface area contributed by atoms with Crippen molar-refractivity contribution in [2.45, 2.75) is 46.4 Å². The Bertz CT molecular complexity index is 510. The molecule has 1 unspecified atom stereocenters. The van der Waals surface area contributed by atoms with Crippen LogP contribution in [-0.4, -0.2) is 32.3 Å². The van der Waals surface area contributed by atoms with Crippen LogP contribution in [0.15, 0.2) is 23.2 Å². The lowest BCUT2D eigenvalue weighted by atomic mass is 10.2. The van der Waals surface area contributed by atoms with Crippen LogP contribution >= 0.6 is 0 Å². The summed E-state index contributed by atoms with van der Waals surface area (Å²) in [5.74, 6) is 0.965. The minimum absolute atomic E-state index is 0.00934. The maximum absolute atomic E-state index is 12.4. The fourth-order valence-electron chi connectivity index (χ4n) is 1.83. The van der Waals surface area contributed by atoms with E-state index in [1.165, 1.54) is 13.2 Å². The molecule has 5 nitrogen and oxygen atoms in total. The van der Waals surface area contributed by atoms with E-state index in [0.717, 1.165) is 18.5 Å². The third-order valence-corrected chi connectivity index (χ3v) is 3.20. The normalized spacial score (nSPS) is 12.9. The number of ether oxygens (including phenoxy) is 2. The monoisotopic (exact) mass is 329 g/mol. The van der Waals surface area contributed by atoms with Crippen LogP contribution in [0.3, 0.4) is 0 Å². The van der Waals surface area contributed by atoms with Gasteiger partial charge in [-0.3, -0.25) is 0 Å². The van der Waals surface area contributed by atoms with Crippen molar-refractivity contribution >= 4 is 5.96 Å². The van der Waals surface area contributed by atoms with Gasteiger partial charge in [-0.15, -0.1) is 0 Å². The smallest absolute Gasteiger partial charge is 0.387 e. The molecular formula is C16H25F2N3O2. The summed E-state index contributed by atoms with van der Waals surface area (Å²) in [5, 5.41) is 6.42. The zero-order chi connectivity index (χ0) is 17.2. The van der Waals surface area contributed by atoms with E-state index < -0.39 is 6.61 Å². The molecule has 2 N–H and O–H groups in total. The number of hydrogen-bond donors (Lipinski definition) is 2. The first-order chi connectivity index (χ1) is 11.0. The molecule has 130 valence electrons. The third kappa shape index (κ3) is 6.71. The van der Waals surface area contributed by atoms with Gasteiger partial charge in [0.1, 0.15) is 0 Å². The molecule has 0 fully saturated rings. The summed E-state index contributed by atoms with van der Waals surface area (Å²) < 4.78 is 34.4. The molecule has 0 aliphatic carbocycles. The molecule has 0 spiro atoms. The molecule has 0 amide bonds. The molecule has 0 saturated carbocycles. The van der Waals surface area contributed by atoms with Gasteiger partial charge >= 0.3 is 6.61 Å². The van der Waals surface area contributed by atoms with Gasteiger partial charge < -0.3 is 20.1 Å². The van der Waals surface area contributed by atoms with Crippen molar-refractivity contribution < 1.29 is 18.3 Å². The zero-order valence-corrected chi connectivity index (χ0v) is 14.0. The first kappa shape index (κ1) is 19.0. The number of nitrogens with one attached hydrogen (secondary N) is 2. The molecule has 0 aliphatic heterocycles. The summed E-state index contributed by atoms with van der Waals surface area (Å²) in [6.07, 6.45) is 0.972. The Morgan fingerprint density at radius 2 is 2.00 bits per heavy atom. The van der Waals surface area contributed by atoms with E-state index in [1.54, 1.807) is 12.1 Å². The number of alkyl halides is 2. The minimum atomic E-state index is -2.90. The molecule has 1 atom stereocenters. The Hall–Kier alpha value is -2.05. The summed E-state index contributed by atoms with van der Waals surface area (Å²) in [4.78, 5) is 4.46. The number of aliphatic imine (C=N–C) groups is 1. The van der Waals surface area contributed by atoms with E-state index in [9.17, 15) is 8.78 Å². The van der Waals surface area contributed by atoms with Crippen molar-refractivity contribution in [3.8, 4) is 11.5 Å². The van der Waals surface area contributed by atoms with E-state index in [4.69, 9.17) is 4.74 Å². The highest BCUT2D eigenvalue weighted by Gasteiger charge is 2.11. The molecule has 1 aromatic rings. The second-order valence-electron chi connectivity index (χ2n) is 5.01. The van der Waals surface area contributed by atoms with Crippen LogP contribution in [0.2, 0.25) is 0 Å². The highest BCUT2D eigenvalue weighted by Crippen LogP contribution is 2.29. The standard InChI is InChI=1S/C16H25F2N3O2/c1-5-11(3)21-16(19-6-2)20-10-12-7-8-13(22-4)14(9-12)23-15(17)18/h7-9,11,15H,5-6,10H2,1-4H3,(H2,19,20,21). The first-order valence-corrected chi connectivity index (χ1v) is 7.66. The quantitative estimate of drug-likeness (QED) is 0.568. The summed E-state index contributed by atoms with van der Waals surface area (Å²) in [6, 6.07) is 5.17. The maximum Gasteiger partial charge on any atom is 0.387 e. The molecule has 0 aliphatic rings. The lowest BCUT2D eigenvalue weighted by Gasteiger charge is -2.16. The van der Waals surface area contributed by atoms with E-state index in [-0.39, 0.29) is 11.5 Å². The summed E-state index contributed by atoms with van der Waals surface area (Å²) >= 11 is 0. The van der Waals surface area contributed by atoms with Gasteiger partial charge in [-0.05, 0) is 38.0 Å². The molecule has 0 saturated heterocycles. The van der Waals surface area contributed by atoms with Crippen molar-refractivity contribution in [2.24, 2.45) is 4.99 Å². The highest BCUT2D eigenvalue weighted by molar-refractivity contribution is 5.80. The number of guanidine groups is 1. The minimum Gasteiger partial charge on any atom is -0.493 e. The van der Waals surface area contributed by atoms with Crippen molar-refractivity contribution in [2.75, 3.05) is 13.7 Å². The van der Waals surface area contributed by atoms with Crippen molar-refractivity contribution in [3.63, 3.8) is 0 Å². The Balaban J connectivity index is 2.86. The lowest BCUT2D eigenvalue weighted by Crippen LogP contribution is -2.41. The van der Waals surface area contributed by atoms with Gasteiger partial charge in [0, 0.05) is 12.6 Å². The fraction of sp³-hybridized carbons (Fsp3) is 0.562. The average molecular weight is 329 g/mol. The molecule has 0 aromatic heterocycles. The van der Waals surface area contributed by atoms with E-state index in [1.807, 2.05) is 6.92 Å². The fourth-order valence-corrected chi connectivity index (χ4v) is 1.83. The Morgan fingerprint density at radius 3 is 2.57 bits per heavy atom. The van der Waals surface area contributed by atoms with E-state index in [0.29, 0.717) is 18.5 Å². The average Bonchev–Trinajstić information content (AvgIpc) is 2.52. The van der Waals surface area contributed by atoms with Crippen LogP contribution < -0.4 is 20.1 Å². The Morgan fingerprint density at radius 1 is 1.26 bits per heavy atom.